The van der Waals surface area contributed by atoms with Gasteiger partial charge in [0.05, 0.1) is 19.9 Å². The fourth-order valence-corrected chi connectivity index (χ4v) is 3.65. The molecule has 0 saturated carbocycles. The molecule has 0 saturated heterocycles. The van der Waals surface area contributed by atoms with E-state index in [0.717, 1.165) is 28.9 Å². The lowest BCUT2D eigenvalue weighted by molar-refractivity contribution is 0.0977. The third kappa shape index (κ3) is 4.99. The third-order valence-corrected chi connectivity index (χ3v) is 5.60. The Morgan fingerprint density at radius 2 is 1.59 bits per heavy atom. The number of nitrogens with zero attached hydrogens (tertiary/aromatic N) is 3. The average molecular weight is 476 g/mol. The van der Waals surface area contributed by atoms with Crippen molar-refractivity contribution in [1.29, 1.82) is 0 Å². The molecule has 34 heavy (non-hydrogen) atoms. The van der Waals surface area contributed by atoms with E-state index in [-0.39, 0.29) is 11.0 Å². The minimum absolute atomic E-state index is 0.164. The van der Waals surface area contributed by atoms with Gasteiger partial charge in [-0.25, -0.2) is 0 Å². The van der Waals surface area contributed by atoms with Crippen molar-refractivity contribution in [3.05, 3.63) is 71.3 Å². The van der Waals surface area contributed by atoms with Gasteiger partial charge in [-0.05, 0) is 73.1 Å². The molecule has 0 aliphatic carbocycles. The number of rotatable bonds is 6. The number of thiocarbonyl (C=S) groups is 1. The average Bonchev–Trinajstić information content (AvgIpc) is 3.26. The van der Waals surface area contributed by atoms with Crippen LogP contribution in [0.25, 0.3) is 16.7 Å². The number of aromatic nitrogens is 3. The Morgan fingerprint density at radius 3 is 2.18 bits per heavy atom. The third-order valence-electron chi connectivity index (χ3n) is 5.39. The van der Waals surface area contributed by atoms with Crippen molar-refractivity contribution in [2.45, 2.75) is 20.3 Å². The molecule has 1 heterocycles. The summed E-state index contributed by atoms with van der Waals surface area (Å²) in [6, 6.07) is 16.9. The van der Waals surface area contributed by atoms with Gasteiger partial charge in [0.15, 0.2) is 5.11 Å². The van der Waals surface area contributed by atoms with Crippen molar-refractivity contribution in [2.75, 3.05) is 19.5 Å². The standard InChI is InChI=1S/C25H25N5O3S/c1-5-16-6-8-18(9-7-16)30-28-22-10-15(2)21(14-23(22)29-30)26-25(34)27-24(31)17-11-19(32-3)13-20(12-17)33-4/h6-14H,5H2,1-4H3,(H2,26,27,31,34). The number of hydrogen-bond donors (Lipinski definition) is 2. The summed E-state index contributed by atoms with van der Waals surface area (Å²) in [5.41, 5.74) is 5.63. The molecule has 0 radical (unpaired) electrons. The Kier molecular flexibility index (Phi) is 6.74. The molecule has 4 aromatic rings. The molecule has 0 aliphatic heterocycles. The summed E-state index contributed by atoms with van der Waals surface area (Å²) in [6.07, 6.45) is 0.977. The van der Waals surface area contributed by atoms with Gasteiger partial charge in [0, 0.05) is 17.3 Å². The Morgan fingerprint density at radius 1 is 0.971 bits per heavy atom. The maximum Gasteiger partial charge on any atom is 0.257 e. The number of aryl methyl sites for hydroxylation is 2. The summed E-state index contributed by atoms with van der Waals surface area (Å²) in [5, 5.41) is 15.1. The first-order valence-electron chi connectivity index (χ1n) is 10.7. The molecule has 4 rings (SSSR count). The Bertz CT molecular complexity index is 1340. The SMILES string of the molecule is CCc1ccc(-n2nc3cc(C)c(NC(=S)NC(=O)c4cc(OC)cc(OC)c4)cc3n2)cc1. The fraction of sp³-hybridized carbons (Fsp3) is 0.200. The molecule has 2 N–H and O–H groups in total. The lowest BCUT2D eigenvalue weighted by atomic mass is 10.1. The second-order valence-electron chi connectivity index (χ2n) is 7.67. The second-order valence-corrected chi connectivity index (χ2v) is 8.08. The number of carbonyl (C=O) groups excluding carboxylic acids is 1. The van der Waals surface area contributed by atoms with E-state index >= 15 is 0 Å². The highest BCUT2D eigenvalue weighted by molar-refractivity contribution is 7.80. The first kappa shape index (κ1) is 23.2. The number of carbonyl (C=O) groups is 1. The minimum atomic E-state index is -0.380. The zero-order chi connectivity index (χ0) is 24.2. The van der Waals surface area contributed by atoms with Crippen LogP contribution in [-0.4, -0.2) is 40.2 Å². The number of hydrogen-bond acceptors (Lipinski definition) is 6. The second kappa shape index (κ2) is 9.88. The van der Waals surface area contributed by atoms with Gasteiger partial charge in [0.25, 0.3) is 5.91 Å². The molecule has 0 fully saturated rings. The quantitative estimate of drug-likeness (QED) is 0.399. The van der Waals surface area contributed by atoms with Crippen LogP contribution in [-0.2, 0) is 6.42 Å². The van der Waals surface area contributed by atoms with E-state index in [2.05, 4.69) is 39.9 Å². The fourth-order valence-electron chi connectivity index (χ4n) is 3.45. The Balaban J connectivity index is 1.51. The lowest BCUT2D eigenvalue weighted by Crippen LogP contribution is -2.34. The lowest BCUT2D eigenvalue weighted by Gasteiger charge is -2.12. The number of benzene rings is 3. The van der Waals surface area contributed by atoms with Gasteiger partial charge in [0.1, 0.15) is 22.5 Å². The van der Waals surface area contributed by atoms with E-state index in [1.54, 1.807) is 23.0 Å². The summed E-state index contributed by atoms with van der Waals surface area (Å²) >= 11 is 5.38. The highest BCUT2D eigenvalue weighted by atomic mass is 32.1. The van der Waals surface area contributed by atoms with Crippen LogP contribution in [0.5, 0.6) is 11.5 Å². The molecule has 3 aromatic carbocycles. The molecule has 174 valence electrons. The van der Waals surface area contributed by atoms with Crippen molar-refractivity contribution in [1.82, 2.24) is 20.3 Å². The van der Waals surface area contributed by atoms with Crippen LogP contribution >= 0.6 is 12.2 Å². The Hall–Kier alpha value is -3.98. The maximum atomic E-state index is 12.7. The molecule has 1 amide bonds. The van der Waals surface area contributed by atoms with Crippen molar-refractivity contribution < 1.29 is 14.3 Å². The highest BCUT2D eigenvalue weighted by Crippen LogP contribution is 2.24. The van der Waals surface area contributed by atoms with Crippen LogP contribution in [0, 0.1) is 6.92 Å². The minimum Gasteiger partial charge on any atom is -0.497 e. The molecular weight excluding hydrogens is 450 g/mol. The largest absolute Gasteiger partial charge is 0.497 e. The van der Waals surface area contributed by atoms with E-state index in [4.69, 9.17) is 21.7 Å². The molecule has 0 aliphatic rings. The van der Waals surface area contributed by atoms with Crippen LogP contribution in [0.2, 0.25) is 0 Å². The van der Waals surface area contributed by atoms with Gasteiger partial charge in [0.2, 0.25) is 0 Å². The summed E-state index contributed by atoms with van der Waals surface area (Å²) in [4.78, 5) is 14.3. The molecule has 8 nitrogen and oxygen atoms in total. The van der Waals surface area contributed by atoms with Crippen LogP contribution < -0.4 is 20.1 Å². The monoisotopic (exact) mass is 475 g/mol. The van der Waals surface area contributed by atoms with Crippen molar-refractivity contribution >= 4 is 40.0 Å². The summed E-state index contributed by atoms with van der Waals surface area (Å²) in [6.45, 7) is 4.06. The molecule has 9 heteroatoms. The van der Waals surface area contributed by atoms with Gasteiger partial charge < -0.3 is 14.8 Å². The molecule has 0 spiro atoms. The number of amides is 1. The Labute approximate surface area is 202 Å². The summed E-state index contributed by atoms with van der Waals surface area (Å²) < 4.78 is 10.5. The first-order chi connectivity index (χ1) is 16.4. The van der Waals surface area contributed by atoms with E-state index in [9.17, 15) is 4.79 Å². The van der Waals surface area contributed by atoms with Gasteiger partial charge in [-0.15, -0.1) is 10.2 Å². The van der Waals surface area contributed by atoms with Crippen molar-refractivity contribution in [3.8, 4) is 17.2 Å². The summed E-state index contributed by atoms with van der Waals surface area (Å²) in [5.74, 6) is 0.643. The molecule has 0 atom stereocenters. The van der Waals surface area contributed by atoms with Gasteiger partial charge in [-0.3, -0.25) is 10.1 Å². The smallest absolute Gasteiger partial charge is 0.257 e. The summed E-state index contributed by atoms with van der Waals surface area (Å²) in [7, 11) is 3.05. The molecule has 1 aromatic heterocycles. The normalized spacial score (nSPS) is 10.7. The van der Waals surface area contributed by atoms with Crippen LogP contribution in [0.15, 0.2) is 54.6 Å². The zero-order valence-corrected chi connectivity index (χ0v) is 20.2. The van der Waals surface area contributed by atoms with Crippen molar-refractivity contribution in [3.63, 3.8) is 0 Å². The van der Waals surface area contributed by atoms with E-state index in [0.29, 0.717) is 22.6 Å². The van der Waals surface area contributed by atoms with E-state index in [1.807, 2.05) is 31.2 Å². The number of anilines is 1. The topological polar surface area (TPSA) is 90.3 Å². The van der Waals surface area contributed by atoms with Crippen LogP contribution in [0.4, 0.5) is 5.69 Å². The van der Waals surface area contributed by atoms with Gasteiger partial charge >= 0.3 is 0 Å². The van der Waals surface area contributed by atoms with E-state index < -0.39 is 0 Å². The molecule has 0 bridgehead atoms. The number of methoxy groups -OCH3 is 2. The van der Waals surface area contributed by atoms with Crippen LogP contribution in [0.1, 0.15) is 28.4 Å². The first-order valence-corrected chi connectivity index (χ1v) is 11.1. The predicted octanol–water partition coefficient (Wildman–Crippen LogP) is 4.44. The number of nitrogens with one attached hydrogen (secondary N) is 2. The maximum absolute atomic E-state index is 12.7. The van der Waals surface area contributed by atoms with Crippen molar-refractivity contribution in [2.24, 2.45) is 0 Å². The van der Waals surface area contributed by atoms with Gasteiger partial charge in [-0.1, -0.05) is 19.1 Å². The molecule has 0 unspecified atom stereocenters. The predicted molar refractivity (Wildman–Crippen MR) is 136 cm³/mol. The van der Waals surface area contributed by atoms with E-state index in [1.165, 1.54) is 19.8 Å². The molecular formula is C25H25N5O3S. The zero-order valence-electron chi connectivity index (χ0n) is 19.4. The number of ether oxygens (including phenoxy) is 2. The highest BCUT2D eigenvalue weighted by Gasteiger charge is 2.14. The van der Waals surface area contributed by atoms with Crippen LogP contribution in [0.3, 0.4) is 0 Å². The number of fused-ring (bicyclic) bond motifs is 1. The van der Waals surface area contributed by atoms with Gasteiger partial charge in [-0.2, -0.15) is 4.80 Å².